The number of hydrogen-bond donors (Lipinski definition) is 1. The minimum absolute atomic E-state index is 0.0507. The zero-order chi connectivity index (χ0) is 14.8. The Morgan fingerprint density at radius 1 is 1.10 bits per heavy atom. The highest BCUT2D eigenvalue weighted by Crippen LogP contribution is 2.34. The lowest BCUT2D eigenvalue weighted by molar-refractivity contribution is -0.385. The van der Waals surface area contributed by atoms with Crippen molar-refractivity contribution in [2.24, 2.45) is 0 Å². The van der Waals surface area contributed by atoms with E-state index in [-0.39, 0.29) is 23.1 Å². The van der Waals surface area contributed by atoms with Gasteiger partial charge in [-0.25, -0.2) is 4.98 Å². The number of nitro groups is 1. The SMILES string of the molecule is O=[N+]([O-])c1ccnc(Oc2cc3ccccc3cc2O)c1. The topological polar surface area (TPSA) is 85.5 Å². The molecule has 1 heterocycles. The third-order valence-corrected chi connectivity index (χ3v) is 2.97. The molecule has 104 valence electrons. The van der Waals surface area contributed by atoms with Crippen LogP contribution >= 0.6 is 0 Å². The predicted molar refractivity (Wildman–Crippen MR) is 76.6 cm³/mol. The minimum Gasteiger partial charge on any atom is -0.504 e. The molecule has 0 saturated carbocycles. The van der Waals surface area contributed by atoms with E-state index in [1.54, 1.807) is 12.1 Å². The zero-order valence-electron chi connectivity index (χ0n) is 10.8. The summed E-state index contributed by atoms with van der Waals surface area (Å²) in [6.07, 6.45) is 1.28. The van der Waals surface area contributed by atoms with E-state index in [0.717, 1.165) is 10.8 Å². The van der Waals surface area contributed by atoms with Gasteiger partial charge >= 0.3 is 0 Å². The van der Waals surface area contributed by atoms with Crippen molar-refractivity contribution in [2.75, 3.05) is 0 Å². The predicted octanol–water partition coefficient (Wildman–Crippen LogP) is 3.64. The summed E-state index contributed by atoms with van der Waals surface area (Å²) in [6.45, 7) is 0. The Labute approximate surface area is 119 Å². The Morgan fingerprint density at radius 3 is 2.52 bits per heavy atom. The van der Waals surface area contributed by atoms with E-state index in [0.29, 0.717) is 0 Å². The summed E-state index contributed by atoms with van der Waals surface area (Å²) in [4.78, 5) is 14.1. The van der Waals surface area contributed by atoms with Gasteiger partial charge in [0.2, 0.25) is 5.88 Å². The van der Waals surface area contributed by atoms with Gasteiger partial charge < -0.3 is 9.84 Å². The number of benzene rings is 2. The Bertz CT molecular complexity index is 833. The molecule has 3 rings (SSSR count). The Kier molecular flexibility index (Phi) is 3.12. The minimum atomic E-state index is -0.533. The van der Waals surface area contributed by atoms with Crippen LogP contribution in [-0.2, 0) is 0 Å². The molecule has 0 amide bonds. The van der Waals surface area contributed by atoms with Crippen molar-refractivity contribution in [3.8, 4) is 17.4 Å². The molecule has 2 aromatic carbocycles. The average molecular weight is 282 g/mol. The summed E-state index contributed by atoms with van der Waals surface area (Å²) in [5, 5.41) is 22.4. The molecule has 0 radical (unpaired) electrons. The number of aromatic hydroxyl groups is 1. The van der Waals surface area contributed by atoms with Gasteiger partial charge in [-0.15, -0.1) is 0 Å². The van der Waals surface area contributed by atoms with Crippen LogP contribution in [0, 0.1) is 10.1 Å². The number of pyridine rings is 1. The third-order valence-electron chi connectivity index (χ3n) is 2.97. The highest BCUT2D eigenvalue weighted by molar-refractivity contribution is 5.86. The molecule has 0 aliphatic carbocycles. The second-order valence-electron chi connectivity index (χ2n) is 4.38. The first-order valence-electron chi connectivity index (χ1n) is 6.13. The second-order valence-corrected chi connectivity index (χ2v) is 4.38. The highest BCUT2D eigenvalue weighted by atomic mass is 16.6. The van der Waals surface area contributed by atoms with Gasteiger partial charge in [0, 0.05) is 12.3 Å². The van der Waals surface area contributed by atoms with Crippen LogP contribution in [-0.4, -0.2) is 15.0 Å². The smallest absolute Gasteiger partial charge is 0.276 e. The molecular weight excluding hydrogens is 272 g/mol. The zero-order valence-corrected chi connectivity index (χ0v) is 10.8. The number of phenols is 1. The van der Waals surface area contributed by atoms with Gasteiger partial charge in [-0.05, 0) is 22.9 Å². The number of fused-ring (bicyclic) bond motifs is 1. The number of rotatable bonds is 3. The summed E-state index contributed by atoms with van der Waals surface area (Å²) < 4.78 is 5.44. The quantitative estimate of drug-likeness (QED) is 0.585. The van der Waals surface area contributed by atoms with Crippen molar-refractivity contribution in [2.45, 2.75) is 0 Å². The second kappa shape index (κ2) is 5.09. The molecule has 0 atom stereocenters. The maximum Gasteiger partial charge on any atom is 0.276 e. The first-order valence-corrected chi connectivity index (χ1v) is 6.13. The summed E-state index contributed by atoms with van der Waals surface area (Å²) in [5.74, 6) is 0.193. The lowest BCUT2D eigenvalue weighted by Crippen LogP contribution is -1.92. The molecule has 1 aromatic heterocycles. The van der Waals surface area contributed by atoms with Crippen molar-refractivity contribution in [3.05, 3.63) is 64.8 Å². The van der Waals surface area contributed by atoms with E-state index in [9.17, 15) is 15.2 Å². The van der Waals surface area contributed by atoms with Gasteiger partial charge in [0.05, 0.1) is 11.0 Å². The van der Waals surface area contributed by atoms with Crippen LogP contribution in [0.1, 0.15) is 0 Å². The molecule has 0 fully saturated rings. The molecule has 0 bridgehead atoms. The van der Waals surface area contributed by atoms with Crippen LogP contribution < -0.4 is 4.74 Å². The fourth-order valence-electron chi connectivity index (χ4n) is 1.97. The Morgan fingerprint density at radius 2 is 1.81 bits per heavy atom. The van der Waals surface area contributed by atoms with Crippen LogP contribution in [0.3, 0.4) is 0 Å². The molecule has 21 heavy (non-hydrogen) atoms. The third kappa shape index (κ3) is 2.59. The largest absolute Gasteiger partial charge is 0.504 e. The maximum atomic E-state index is 10.7. The van der Waals surface area contributed by atoms with E-state index >= 15 is 0 Å². The maximum absolute atomic E-state index is 10.7. The number of nitrogens with zero attached hydrogens (tertiary/aromatic N) is 2. The van der Waals surface area contributed by atoms with Crippen LogP contribution in [0.25, 0.3) is 10.8 Å². The Balaban J connectivity index is 1.99. The average Bonchev–Trinajstić information content (AvgIpc) is 2.48. The lowest BCUT2D eigenvalue weighted by Gasteiger charge is -2.08. The summed E-state index contributed by atoms with van der Waals surface area (Å²) in [7, 11) is 0. The number of hydrogen-bond acceptors (Lipinski definition) is 5. The van der Waals surface area contributed by atoms with Crippen molar-refractivity contribution in [1.29, 1.82) is 0 Å². The standard InChI is InChI=1S/C15H10N2O4/c18-13-7-10-3-1-2-4-11(10)8-14(13)21-15-9-12(17(19)20)5-6-16-15/h1-9,18H. The highest BCUT2D eigenvalue weighted by Gasteiger charge is 2.11. The fourth-order valence-corrected chi connectivity index (χ4v) is 1.97. The van der Waals surface area contributed by atoms with Crippen LogP contribution in [0.4, 0.5) is 5.69 Å². The first kappa shape index (κ1) is 12.9. The molecule has 3 aromatic rings. The fraction of sp³-hybridized carbons (Fsp3) is 0. The van der Waals surface area contributed by atoms with Crippen molar-refractivity contribution in [1.82, 2.24) is 4.98 Å². The molecule has 6 nitrogen and oxygen atoms in total. The van der Waals surface area contributed by atoms with E-state index in [1.807, 2.05) is 24.3 Å². The van der Waals surface area contributed by atoms with Gasteiger partial charge in [0.25, 0.3) is 5.69 Å². The van der Waals surface area contributed by atoms with Gasteiger partial charge in [-0.2, -0.15) is 0 Å². The molecule has 0 aliphatic rings. The first-order chi connectivity index (χ1) is 10.1. The van der Waals surface area contributed by atoms with Gasteiger partial charge in [0.1, 0.15) is 0 Å². The molecule has 0 unspecified atom stereocenters. The van der Waals surface area contributed by atoms with Crippen LogP contribution in [0.5, 0.6) is 17.4 Å². The number of aromatic nitrogens is 1. The van der Waals surface area contributed by atoms with E-state index in [2.05, 4.69) is 4.98 Å². The number of ether oxygens (including phenoxy) is 1. The van der Waals surface area contributed by atoms with Gasteiger partial charge in [-0.1, -0.05) is 24.3 Å². The van der Waals surface area contributed by atoms with Gasteiger partial charge in [0.15, 0.2) is 11.5 Å². The van der Waals surface area contributed by atoms with Crippen molar-refractivity contribution in [3.63, 3.8) is 0 Å². The summed E-state index contributed by atoms with van der Waals surface area (Å²) in [5.41, 5.74) is -0.125. The van der Waals surface area contributed by atoms with Crippen LogP contribution in [0.15, 0.2) is 54.7 Å². The summed E-state index contributed by atoms with van der Waals surface area (Å²) in [6, 6.07) is 13.2. The molecule has 0 saturated heterocycles. The normalized spacial score (nSPS) is 10.5. The number of phenolic OH excluding ortho intramolecular Hbond substituents is 1. The molecule has 0 spiro atoms. The van der Waals surface area contributed by atoms with Crippen LogP contribution in [0.2, 0.25) is 0 Å². The van der Waals surface area contributed by atoms with Gasteiger partial charge in [-0.3, -0.25) is 10.1 Å². The van der Waals surface area contributed by atoms with E-state index in [1.165, 1.54) is 18.3 Å². The molecule has 0 aliphatic heterocycles. The molecule has 1 N–H and O–H groups in total. The van der Waals surface area contributed by atoms with Crippen molar-refractivity contribution >= 4 is 16.5 Å². The monoisotopic (exact) mass is 282 g/mol. The molecule has 6 heteroatoms. The van der Waals surface area contributed by atoms with Crippen molar-refractivity contribution < 1.29 is 14.8 Å². The Hall–Kier alpha value is -3.15. The molecular formula is C15H10N2O4. The van der Waals surface area contributed by atoms with E-state index in [4.69, 9.17) is 4.74 Å². The van der Waals surface area contributed by atoms with E-state index < -0.39 is 4.92 Å². The lowest BCUT2D eigenvalue weighted by atomic mass is 10.1. The summed E-state index contributed by atoms with van der Waals surface area (Å²) >= 11 is 0.